The number of halogens is 1. The number of carbonyl (C=O) groups is 1. The molecular formula is C11H10BrNO3. The van der Waals surface area contributed by atoms with Crippen molar-refractivity contribution in [2.24, 2.45) is 4.99 Å². The molecule has 0 fully saturated rings. The van der Waals surface area contributed by atoms with E-state index in [0.29, 0.717) is 13.0 Å². The van der Waals surface area contributed by atoms with Crippen LogP contribution < -0.4 is 0 Å². The molecule has 1 aromatic carbocycles. The molecule has 0 amide bonds. The van der Waals surface area contributed by atoms with E-state index in [9.17, 15) is 4.79 Å². The van der Waals surface area contributed by atoms with E-state index in [1.54, 1.807) is 0 Å². The predicted molar refractivity (Wildman–Crippen MR) is 62.7 cm³/mol. The van der Waals surface area contributed by atoms with Gasteiger partial charge >= 0.3 is 5.97 Å². The largest absolute Gasteiger partial charge is 0.474 e. The van der Waals surface area contributed by atoms with Crippen LogP contribution in [-0.4, -0.2) is 29.6 Å². The van der Waals surface area contributed by atoms with Crippen LogP contribution in [0.25, 0.3) is 0 Å². The minimum Gasteiger partial charge on any atom is -0.474 e. The molecule has 0 bridgehead atoms. The predicted octanol–water partition coefficient (Wildman–Crippen LogP) is 1.87. The van der Waals surface area contributed by atoms with Gasteiger partial charge in [0.05, 0.1) is 6.04 Å². The van der Waals surface area contributed by atoms with Crippen molar-refractivity contribution in [3.63, 3.8) is 0 Å². The van der Waals surface area contributed by atoms with Crippen LogP contribution in [0, 0.1) is 0 Å². The SMILES string of the molecule is O=C(O)C1=NC(Cc2ccccc2Br)CO1. The molecule has 0 aliphatic carbocycles. The Morgan fingerprint density at radius 2 is 2.31 bits per heavy atom. The Bertz CT molecular complexity index is 445. The van der Waals surface area contributed by atoms with Crippen LogP contribution >= 0.6 is 15.9 Å². The first-order valence-electron chi connectivity index (χ1n) is 4.84. The lowest BCUT2D eigenvalue weighted by Gasteiger charge is -2.06. The molecule has 0 spiro atoms. The van der Waals surface area contributed by atoms with Crippen molar-refractivity contribution in [2.75, 3.05) is 6.61 Å². The van der Waals surface area contributed by atoms with Gasteiger partial charge in [-0.15, -0.1) is 0 Å². The molecule has 1 aliphatic heterocycles. The molecule has 2 rings (SSSR count). The van der Waals surface area contributed by atoms with Gasteiger partial charge in [-0.3, -0.25) is 0 Å². The normalized spacial score (nSPS) is 19.1. The summed E-state index contributed by atoms with van der Waals surface area (Å²) < 4.78 is 5.98. The van der Waals surface area contributed by atoms with E-state index in [4.69, 9.17) is 9.84 Å². The van der Waals surface area contributed by atoms with Crippen molar-refractivity contribution in [2.45, 2.75) is 12.5 Å². The third-order valence-electron chi connectivity index (χ3n) is 2.31. The second kappa shape index (κ2) is 4.65. The number of hydrogen-bond donors (Lipinski definition) is 1. The number of benzene rings is 1. The number of carboxylic acid groups (broad SMARTS) is 1. The average Bonchev–Trinajstić information content (AvgIpc) is 2.70. The fourth-order valence-corrected chi connectivity index (χ4v) is 2.00. The summed E-state index contributed by atoms with van der Waals surface area (Å²) in [6.07, 6.45) is 0.679. The van der Waals surface area contributed by atoms with Gasteiger partial charge in [-0.2, -0.15) is 0 Å². The molecule has 0 saturated heterocycles. The van der Waals surface area contributed by atoms with Crippen molar-refractivity contribution >= 4 is 27.8 Å². The average molecular weight is 284 g/mol. The molecule has 16 heavy (non-hydrogen) atoms. The molecule has 5 heteroatoms. The van der Waals surface area contributed by atoms with Crippen molar-refractivity contribution in [3.05, 3.63) is 34.3 Å². The lowest BCUT2D eigenvalue weighted by molar-refractivity contribution is -0.130. The summed E-state index contributed by atoms with van der Waals surface area (Å²) in [4.78, 5) is 14.6. The van der Waals surface area contributed by atoms with Crippen LogP contribution in [-0.2, 0) is 16.0 Å². The van der Waals surface area contributed by atoms with Gasteiger partial charge < -0.3 is 9.84 Å². The smallest absolute Gasteiger partial charge is 0.391 e. The van der Waals surface area contributed by atoms with E-state index in [1.807, 2.05) is 24.3 Å². The summed E-state index contributed by atoms with van der Waals surface area (Å²) in [6.45, 7) is 0.336. The number of rotatable bonds is 3. The molecule has 0 radical (unpaired) electrons. The standard InChI is InChI=1S/C11H10BrNO3/c12-9-4-2-1-3-7(9)5-8-6-16-10(13-8)11(14)15/h1-4,8H,5-6H2,(H,14,15). The maximum atomic E-state index is 10.6. The van der Waals surface area contributed by atoms with Crippen molar-refractivity contribution in [1.29, 1.82) is 0 Å². The van der Waals surface area contributed by atoms with Crippen LogP contribution in [0.2, 0.25) is 0 Å². The summed E-state index contributed by atoms with van der Waals surface area (Å²) in [5.74, 6) is -1.29. The number of ether oxygens (including phenoxy) is 1. The number of aliphatic imine (C=N–C) groups is 1. The maximum absolute atomic E-state index is 10.6. The molecule has 1 aliphatic rings. The van der Waals surface area contributed by atoms with Gasteiger partial charge in [0.15, 0.2) is 0 Å². The van der Waals surface area contributed by atoms with E-state index in [2.05, 4.69) is 20.9 Å². The van der Waals surface area contributed by atoms with Crippen LogP contribution in [0.15, 0.2) is 33.7 Å². The van der Waals surface area contributed by atoms with E-state index in [1.165, 1.54) is 0 Å². The molecule has 1 atom stereocenters. The lowest BCUT2D eigenvalue weighted by Crippen LogP contribution is -2.12. The quantitative estimate of drug-likeness (QED) is 0.921. The molecule has 0 aromatic heterocycles. The van der Waals surface area contributed by atoms with Crippen molar-refractivity contribution < 1.29 is 14.6 Å². The van der Waals surface area contributed by atoms with Crippen LogP contribution in [0.3, 0.4) is 0 Å². The molecular weight excluding hydrogens is 274 g/mol. The zero-order valence-electron chi connectivity index (χ0n) is 8.39. The monoisotopic (exact) mass is 283 g/mol. The van der Waals surface area contributed by atoms with Crippen LogP contribution in [0.4, 0.5) is 0 Å². The second-order valence-electron chi connectivity index (χ2n) is 3.50. The zero-order chi connectivity index (χ0) is 11.5. The fourth-order valence-electron chi connectivity index (χ4n) is 1.55. The summed E-state index contributed by atoms with van der Waals surface area (Å²) >= 11 is 3.44. The molecule has 0 saturated carbocycles. The Hall–Kier alpha value is -1.36. The van der Waals surface area contributed by atoms with E-state index < -0.39 is 5.97 Å². The third kappa shape index (κ3) is 2.41. The molecule has 4 nitrogen and oxygen atoms in total. The second-order valence-corrected chi connectivity index (χ2v) is 4.35. The van der Waals surface area contributed by atoms with E-state index in [-0.39, 0.29) is 11.9 Å². The summed E-state index contributed by atoms with van der Waals surface area (Å²) in [5.41, 5.74) is 1.10. The first-order valence-corrected chi connectivity index (χ1v) is 5.63. The Labute approximate surface area is 101 Å². The zero-order valence-corrected chi connectivity index (χ0v) is 9.98. The summed E-state index contributed by atoms with van der Waals surface area (Å²) in [5, 5.41) is 8.69. The number of carboxylic acids is 1. The number of nitrogens with zero attached hydrogens (tertiary/aromatic N) is 1. The van der Waals surface area contributed by atoms with Gasteiger partial charge in [-0.05, 0) is 18.1 Å². The summed E-state index contributed by atoms with van der Waals surface area (Å²) in [7, 11) is 0. The van der Waals surface area contributed by atoms with Crippen molar-refractivity contribution in [1.82, 2.24) is 0 Å². The minimum absolute atomic E-state index is 0.107. The minimum atomic E-state index is -1.10. The van der Waals surface area contributed by atoms with E-state index >= 15 is 0 Å². The molecule has 1 heterocycles. The highest BCUT2D eigenvalue weighted by atomic mass is 79.9. The van der Waals surface area contributed by atoms with Crippen molar-refractivity contribution in [3.8, 4) is 0 Å². The Balaban J connectivity index is 2.08. The third-order valence-corrected chi connectivity index (χ3v) is 3.08. The van der Waals surface area contributed by atoms with Gasteiger partial charge in [0, 0.05) is 4.47 Å². The van der Waals surface area contributed by atoms with Gasteiger partial charge in [-0.25, -0.2) is 9.79 Å². The van der Waals surface area contributed by atoms with Gasteiger partial charge in [-0.1, -0.05) is 34.1 Å². The fraction of sp³-hybridized carbons (Fsp3) is 0.273. The molecule has 84 valence electrons. The maximum Gasteiger partial charge on any atom is 0.391 e. The highest BCUT2D eigenvalue weighted by Crippen LogP contribution is 2.20. The number of aliphatic carboxylic acids is 1. The van der Waals surface area contributed by atoms with E-state index in [0.717, 1.165) is 10.0 Å². The first kappa shape index (κ1) is 11.1. The van der Waals surface area contributed by atoms with Gasteiger partial charge in [0.1, 0.15) is 6.61 Å². The molecule has 1 N–H and O–H groups in total. The molecule has 1 aromatic rings. The number of hydrogen-bond acceptors (Lipinski definition) is 3. The first-order chi connectivity index (χ1) is 7.66. The Morgan fingerprint density at radius 3 is 2.94 bits per heavy atom. The van der Waals surface area contributed by atoms with Crippen LogP contribution in [0.5, 0.6) is 0 Å². The highest BCUT2D eigenvalue weighted by molar-refractivity contribution is 9.10. The molecule has 1 unspecified atom stereocenters. The lowest BCUT2D eigenvalue weighted by atomic mass is 10.1. The van der Waals surface area contributed by atoms with Gasteiger partial charge in [0.2, 0.25) is 0 Å². The van der Waals surface area contributed by atoms with Crippen LogP contribution in [0.1, 0.15) is 5.56 Å². The van der Waals surface area contributed by atoms with Gasteiger partial charge in [0.25, 0.3) is 5.90 Å². The highest BCUT2D eigenvalue weighted by Gasteiger charge is 2.24. The topological polar surface area (TPSA) is 58.9 Å². The Morgan fingerprint density at radius 1 is 1.56 bits per heavy atom. The summed E-state index contributed by atoms with van der Waals surface area (Å²) in [6, 6.07) is 7.71. The Kier molecular flexibility index (Phi) is 3.24.